The summed E-state index contributed by atoms with van der Waals surface area (Å²) in [5.74, 6) is 1.54. The van der Waals surface area contributed by atoms with Gasteiger partial charge in [0.2, 0.25) is 5.91 Å². The number of piperidine rings is 1. The lowest BCUT2D eigenvalue weighted by molar-refractivity contribution is -0.116. The number of Topliss-reactive ketones (excluding diaryl/α,β-unsaturated/α-hetero) is 1. The Morgan fingerprint density at radius 2 is 1.81 bits per heavy atom. The summed E-state index contributed by atoms with van der Waals surface area (Å²) in [7, 11) is 0. The van der Waals surface area contributed by atoms with E-state index in [1.54, 1.807) is 18.3 Å². The number of anilines is 2. The second-order valence-corrected chi connectivity index (χ2v) is 6.91. The van der Waals surface area contributed by atoms with Crippen molar-refractivity contribution < 1.29 is 9.59 Å². The maximum atomic E-state index is 12.1. The minimum atomic E-state index is -0.171. The van der Waals surface area contributed by atoms with Gasteiger partial charge < -0.3 is 10.2 Å². The number of pyridine rings is 1. The van der Waals surface area contributed by atoms with Gasteiger partial charge in [-0.2, -0.15) is 0 Å². The summed E-state index contributed by atoms with van der Waals surface area (Å²) in [5, 5.41) is 2.81. The van der Waals surface area contributed by atoms with Gasteiger partial charge in [-0.3, -0.25) is 9.59 Å². The molecule has 3 rings (SSSR count). The molecule has 5 nitrogen and oxygen atoms in total. The van der Waals surface area contributed by atoms with Crippen LogP contribution in [0, 0.1) is 5.92 Å². The fourth-order valence-corrected chi connectivity index (χ4v) is 3.10. The molecule has 26 heavy (non-hydrogen) atoms. The zero-order valence-corrected chi connectivity index (χ0v) is 15.1. The minimum absolute atomic E-state index is 0.0199. The third-order valence-electron chi connectivity index (χ3n) is 4.81. The van der Waals surface area contributed by atoms with Crippen LogP contribution in [0.25, 0.3) is 0 Å². The van der Waals surface area contributed by atoms with Crippen LogP contribution >= 0.6 is 0 Å². The Balaban J connectivity index is 1.48. The highest BCUT2D eigenvalue weighted by Gasteiger charge is 2.17. The Hall–Kier alpha value is -2.69. The zero-order chi connectivity index (χ0) is 18.4. The van der Waals surface area contributed by atoms with Gasteiger partial charge in [-0.05, 0) is 30.9 Å². The first-order valence-electron chi connectivity index (χ1n) is 9.21. The lowest BCUT2D eigenvalue weighted by Crippen LogP contribution is -2.33. The van der Waals surface area contributed by atoms with Gasteiger partial charge in [0.05, 0.1) is 11.9 Å². The van der Waals surface area contributed by atoms with E-state index < -0.39 is 0 Å². The molecular weight excluding hydrogens is 326 g/mol. The van der Waals surface area contributed by atoms with Crippen LogP contribution in [0.4, 0.5) is 11.5 Å². The second kappa shape index (κ2) is 8.61. The summed E-state index contributed by atoms with van der Waals surface area (Å²) < 4.78 is 0. The van der Waals surface area contributed by atoms with Crippen LogP contribution in [0.1, 0.15) is 43.0 Å². The molecule has 1 N–H and O–H groups in total. The summed E-state index contributed by atoms with van der Waals surface area (Å²) in [4.78, 5) is 30.9. The van der Waals surface area contributed by atoms with Crippen LogP contribution in [0.3, 0.4) is 0 Å². The number of carbonyl (C=O) groups is 2. The van der Waals surface area contributed by atoms with Crippen molar-refractivity contribution in [3.8, 4) is 0 Å². The van der Waals surface area contributed by atoms with Crippen LogP contribution in [0.2, 0.25) is 0 Å². The standard InChI is InChI=1S/C21H25N3O2/c1-16-11-13-24(14-12-16)20-9-7-18(15-22-20)23-21(26)10-8-19(25)17-5-3-2-4-6-17/h2-7,9,15-16H,8,10-14H2,1H3,(H,23,26). The SMILES string of the molecule is CC1CCN(c2ccc(NC(=O)CCC(=O)c3ccccc3)cn2)CC1. The van der Waals surface area contributed by atoms with E-state index in [2.05, 4.69) is 22.1 Å². The molecular formula is C21H25N3O2. The molecule has 1 fully saturated rings. The zero-order valence-electron chi connectivity index (χ0n) is 15.1. The monoisotopic (exact) mass is 351 g/mol. The quantitative estimate of drug-likeness (QED) is 0.801. The summed E-state index contributed by atoms with van der Waals surface area (Å²) >= 11 is 0. The Kier molecular flexibility index (Phi) is 6.00. The van der Waals surface area contributed by atoms with Gasteiger partial charge in [0, 0.05) is 31.5 Å². The van der Waals surface area contributed by atoms with Crippen LogP contribution in [-0.4, -0.2) is 29.8 Å². The number of ketones is 1. The van der Waals surface area contributed by atoms with Crippen molar-refractivity contribution in [1.82, 2.24) is 4.98 Å². The topological polar surface area (TPSA) is 62.3 Å². The van der Waals surface area contributed by atoms with Crippen LogP contribution < -0.4 is 10.2 Å². The molecule has 1 aromatic heterocycles. The molecule has 0 unspecified atom stereocenters. The number of hydrogen-bond acceptors (Lipinski definition) is 4. The summed E-state index contributed by atoms with van der Waals surface area (Å²) in [6.07, 6.45) is 4.43. The number of rotatable bonds is 6. The number of aromatic nitrogens is 1. The lowest BCUT2D eigenvalue weighted by atomic mass is 9.99. The van der Waals surface area contributed by atoms with E-state index in [0.717, 1.165) is 24.8 Å². The summed E-state index contributed by atoms with van der Waals surface area (Å²) in [6, 6.07) is 12.9. The molecule has 1 aliphatic heterocycles. The summed E-state index contributed by atoms with van der Waals surface area (Å²) in [6.45, 7) is 4.34. The molecule has 0 spiro atoms. The molecule has 1 aromatic carbocycles. The first-order chi connectivity index (χ1) is 12.6. The van der Waals surface area contributed by atoms with Gasteiger partial charge in [-0.15, -0.1) is 0 Å². The molecule has 1 aliphatic rings. The number of nitrogens with one attached hydrogen (secondary N) is 1. The molecule has 0 radical (unpaired) electrons. The normalized spacial score (nSPS) is 14.9. The number of hydrogen-bond donors (Lipinski definition) is 1. The number of benzene rings is 1. The maximum absolute atomic E-state index is 12.1. The summed E-state index contributed by atoms with van der Waals surface area (Å²) in [5.41, 5.74) is 1.30. The third-order valence-corrected chi connectivity index (χ3v) is 4.81. The third kappa shape index (κ3) is 4.91. The van der Waals surface area contributed by atoms with E-state index in [0.29, 0.717) is 11.3 Å². The average molecular weight is 351 g/mol. The van der Waals surface area contributed by atoms with Gasteiger partial charge in [-0.1, -0.05) is 37.3 Å². The van der Waals surface area contributed by atoms with E-state index >= 15 is 0 Å². The molecule has 136 valence electrons. The number of amides is 1. The highest BCUT2D eigenvalue weighted by atomic mass is 16.2. The highest BCUT2D eigenvalue weighted by molar-refractivity contribution is 5.99. The molecule has 1 amide bonds. The van der Waals surface area contributed by atoms with Crippen LogP contribution in [0.5, 0.6) is 0 Å². The fraction of sp³-hybridized carbons (Fsp3) is 0.381. The van der Waals surface area contributed by atoms with Gasteiger partial charge in [0.1, 0.15) is 5.82 Å². The van der Waals surface area contributed by atoms with E-state index in [9.17, 15) is 9.59 Å². The predicted molar refractivity (Wildman–Crippen MR) is 103 cm³/mol. The maximum Gasteiger partial charge on any atom is 0.224 e. The largest absolute Gasteiger partial charge is 0.357 e. The molecule has 0 atom stereocenters. The van der Waals surface area contributed by atoms with Gasteiger partial charge in [0.15, 0.2) is 5.78 Å². The van der Waals surface area contributed by atoms with E-state index in [4.69, 9.17) is 0 Å². The molecule has 2 aromatic rings. The first-order valence-corrected chi connectivity index (χ1v) is 9.21. The van der Waals surface area contributed by atoms with Crippen molar-refractivity contribution in [2.24, 2.45) is 5.92 Å². The average Bonchev–Trinajstić information content (AvgIpc) is 2.68. The van der Waals surface area contributed by atoms with Gasteiger partial charge in [0.25, 0.3) is 0 Å². The fourth-order valence-electron chi connectivity index (χ4n) is 3.10. The Labute approximate surface area is 154 Å². The number of nitrogens with zero attached hydrogens (tertiary/aromatic N) is 2. The van der Waals surface area contributed by atoms with E-state index in [1.807, 2.05) is 30.3 Å². The van der Waals surface area contributed by atoms with Crippen molar-refractivity contribution in [2.75, 3.05) is 23.3 Å². The Morgan fingerprint density at radius 1 is 1.08 bits per heavy atom. The Morgan fingerprint density at radius 3 is 2.46 bits per heavy atom. The van der Waals surface area contributed by atoms with Crippen molar-refractivity contribution in [1.29, 1.82) is 0 Å². The van der Waals surface area contributed by atoms with Crippen LogP contribution in [0.15, 0.2) is 48.7 Å². The van der Waals surface area contributed by atoms with Crippen molar-refractivity contribution in [2.45, 2.75) is 32.6 Å². The highest BCUT2D eigenvalue weighted by Crippen LogP contribution is 2.22. The Bertz CT molecular complexity index is 736. The smallest absolute Gasteiger partial charge is 0.224 e. The molecule has 0 aliphatic carbocycles. The lowest BCUT2D eigenvalue weighted by Gasteiger charge is -2.31. The van der Waals surface area contributed by atoms with Crippen molar-refractivity contribution in [3.05, 3.63) is 54.2 Å². The van der Waals surface area contributed by atoms with Gasteiger partial charge >= 0.3 is 0 Å². The molecule has 2 heterocycles. The van der Waals surface area contributed by atoms with E-state index in [-0.39, 0.29) is 24.5 Å². The van der Waals surface area contributed by atoms with Crippen molar-refractivity contribution in [3.63, 3.8) is 0 Å². The molecule has 0 bridgehead atoms. The number of carbonyl (C=O) groups excluding carboxylic acids is 2. The molecule has 1 saturated heterocycles. The molecule has 5 heteroatoms. The second-order valence-electron chi connectivity index (χ2n) is 6.91. The van der Waals surface area contributed by atoms with Crippen LogP contribution in [-0.2, 0) is 4.79 Å². The van der Waals surface area contributed by atoms with Crippen molar-refractivity contribution >= 4 is 23.2 Å². The van der Waals surface area contributed by atoms with E-state index in [1.165, 1.54) is 12.8 Å². The minimum Gasteiger partial charge on any atom is -0.357 e. The van der Waals surface area contributed by atoms with Gasteiger partial charge in [-0.25, -0.2) is 4.98 Å². The first kappa shape index (κ1) is 18.1. The predicted octanol–water partition coefficient (Wildman–Crippen LogP) is 3.92. The molecule has 0 saturated carbocycles.